The Bertz CT molecular complexity index is 730. The van der Waals surface area contributed by atoms with E-state index in [1.54, 1.807) is 20.2 Å². The Hall–Kier alpha value is -2.71. The molecule has 0 radical (unpaired) electrons. The van der Waals surface area contributed by atoms with Crippen molar-refractivity contribution in [3.8, 4) is 0 Å². The second-order valence-corrected chi connectivity index (χ2v) is 4.92. The van der Waals surface area contributed by atoms with Gasteiger partial charge in [0.25, 0.3) is 5.91 Å². The maximum absolute atomic E-state index is 12.2. The second-order valence-electron chi connectivity index (χ2n) is 4.92. The van der Waals surface area contributed by atoms with Gasteiger partial charge in [0.15, 0.2) is 0 Å². The lowest BCUT2D eigenvalue weighted by molar-refractivity contribution is -0.385. The molecule has 0 atom stereocenters. The number of carbonyl (C=O) groups excluding carboxylic acids is 1. The lowest BCUT2D eigenvalue weighted by Gasteiger charge is -2.04. The maximum atomic E-state index is 12.2. The highest BCUT2D eigenvalue weighted by Crippen LogP contribution is 2.22. The quantitative estimate of drug-likeness (QED) is 0.657. The van der Waals surface area contributed by atoms with Gasteiger partial charge in [0.05, 0.1) is 11.1 Å². The van der Waals surface area contributed by atoms with Crippen LogP contribution in [0.5, 0.6) is 0 Å². The molecule has 2 rings (SSSR count). The number of nitro groups is 1. The van der Waals surface area contributed by atoms with Crippen molar-refractivity contribution in [2.75, 3.05) is 0 Å². The monoisotopic (exact) mass is 306 g/mol. The molecule has 0 saturated heterocycles. The van der Waals surface area contributed by atoms with Gasteiger partial charge in [-0.25, -0.2) is 0 Å². The molecule has 0 aromatic carbocycles. The van der Waals surface area contributed by atoms with E-state index in [0.717, 1.165) is 17.8 Å². The third-order valence-corrected chi connectivity index (χ3v) is 3.64. The minimum Gasteiger partial charge on any atom is -0.346 e. The van der Waals surface area contributed by atoms with E-state index in [2.05, 4.69) is 15.5 Å². The van der Waals surface area contributed by atoms with Crippen LogP contribution in [0.15, 0.2) is 6.20 Å². The molecule has 0 aliphatic heterocycles. The highest BCUT2D eigenvalue weighted by molar-refractivity contribution is 5.96. The van der Waals surface area contributed by atoms with Crippen molar-refractivity contribution >= 4 is 11.6 Å². The molecule has 0 aliphatic rings. The van der Waals surface area contributed by atoms with Gasteiger partial charge in [0.1, 0.15) is 5.69 Å². The molecule has 0 fully saturated rings. The van der Waals surface area contributed by atoms with Crippen molar-refractivity contribution in [1.29, 1.82) is 0 Å². The van der Waals surface area contributed by atoms with Crippen LogP contribution >= 0.6 is 0 Å². The van der Waals surface area contributed by atoms with E-state index >= 15 is 0 Å². The molecule has 2 aromatic heterocycles. The molecule has 0 unspecified atom stereocenters. The van der Waals surface area contributed by atoms with Crippen molar-refractivity contribution in [1.82, 2.24) is 24.9 Å². The fourth-order valence-corrected chi connectivity index (χ4v) is 2.21. The smallest absolute Gasteiger partial charge is 0.322 e. The Labute approximate surface area is 127 Å². The van der Waals surface area contributed by atoms with Crippen molar-refractivity contribution in [3.05, 3.63) is 39.0 Å². The minimum absolute atomic E-state index is 0.175. The van der Waals surface area contributed by atoms with Crippen molar-refractivity contribution in [3.63, 3.8) is 0 Å². The van der Waals surface area contributed by atoms with E-state index in [-0.39, 0.29) is 17.9 Å². The van der Waals surface area contributed by atoms with E-state index in [9.17, 15) is 14.9 Å². The van der Waals surface area contributed by atoms with Crippen LogP contribution in [0.3, 0.4) is 0 Å². The van der Waals surface area contributed by atoms with E-state index < -0.39 is 10.8 Å². The first-order chi connectivity index (χ1) is 10.4. The van der Waals surface area contributed by atoms with Crippen molar-refractivity contribution in [2.45, 2.75) is 33.9 Å². The molecule has 1 amide bonds. The summed E-state index contributed by atoms with van der Waals surface area (Å²) in [6.07, 6.45) is 1.68. The van der Waals surface area contributed by atoms with E-state index in [4.69, 9.17) is 0 Å². The third kappa shape index (κ3) is 2.69. The number of amides is 1. The van der Waals surface area contributed by atoms with Crippen LogP contribution in [0, 0.1) is 24.0 Å². The van der Waals surface area contributed by atoms with Crippen molar-refractivity contribution in [2.24, 2.45) is 7.05 Å². The first-order valence-corrected chi connectivity index (χ1v) is 6.84. The molecular weight excluding hydrogens is 288 g/mol. The Balaban J connectivity index is 2.18. The molecule has 9 heteroatoms. The van der Waals surface area contributed by atoms with Gasteiger partial charge >= 0.3 is 5.69 Å². The van der Waals surface area contributed by atoms with Crippen LogP contribution in [0.4, 0.5) is 5.69 Å². The topological polar surface area (TPSA) is 108 Å². The summed E-state index contributed by atoms with van der Waals surface area (Å²) in [5, 5.41) is 21.9. The SMILES string of the molecule is CCn1ncc(CNC(=O)c2nn(C)c(C)c2[N+](=O)[O-])c1C. The Morgan fingerprint density at radius 3 is 2.64 bits per heavy atom. The molecule has 118 valence electrons. The molecule has 2 heterocycles. The van der Waals surface area contributed by atoms with Crippen molar-refractivity contribution < 1.29 is 9.72 Å². The van der Waals surface area contributed by atoms with Gasteiger partial charge in [-0.05, 0) is 20.8 Å². The number of nitrogens with one attached hydrogen (secondary N) is 1. The number of nitrogens with zero attached hydrogens (tertiary/aromatic N) is 5. The summed E-state index contributed by atoms with van der Waals surface area (Å²) in [5.41, 5.74) is 1.72. The molecule has 0 saturated carbocycles. The number of hydrogen-bond donors (Lipinski definition) is 1. The lowest BCUT2D eigenvalue weighted by Crippen LogP contribution is -2.24. The van der Waals surface area contributed by atoms with Crippen LogP contribution in [-0.4, -0.2) is 30.4 Å². The van der Waals surface area contributed by atoms with E-state index in [1.165, 1.54) is 4.68 Å². The summed E-state index contributed by atoms with van der Waals surface area (Å²) in [7, 11) is 1.56. The zero-order valence-electron chi connectivity index (χ0n) is 13.0. The predicted molar refractivity (Wildman–Crippen MR) is 78.4 cm³/mol. The predicted octanol–water partition coefficient (Wildman–Crippen LogP) is 1.09. The first-order valence-electron chi connectivity index (χ1n) is 6.84. The molecule has 2 aromatic rings. The Morgan fingerprint density at radius 1 is 1.41 bits per heavy atom. The Kier molecular flexibility index (Phi) is 4.25. The van der Waals surface area contributed by atoms with E-state index in [1.807, 2.05) is 18.5 Å². The average Bonchev–Trinajstić information content (AvgIpc) is 2.97. The van der Waals surface area contributed by atoms with Crippen LogP contribution < -0.4 is 5.32 Å². The zero-order valence-corrected chi connectivity index (χ0v) is 13.0. The average molecular weight is 306 g/mol. The van der Waals surface area contributed by atoms with Gasteiger partial charge in [-0.3, -0.25) is 24.3 Å². The fourth-order valence-electron chi connectivity index (χ4n) is 2.21. The van der Waals surface area contributed by atoms with Crippen LogP contribution in [0.25, 0.3) is 0 Å². The zero-order chi connectivity index (χ0) is 16.4. The highest BCUT2D eigenvalue weighted by atomic mass is 16.6. The number of aromatic nitrogens is 4. The van der Waals surface area contributed by atoms with Gasteiger partial charge in [-0.2, -0.15) is 10.2 Å². The minimum atomic E-state index is -0.586. The molecule has 0 spiro atoms. The number of aryl methyl sites for hydroxylation is 2. The van der Waals surface area contributed by atoms with Crippen LogP contribution in [0.2, 0.25) is 0 Å². The molecule has 0 bridgehead atoms. The summed E-state index contributed by atoms with van der Waals surface area (Å²) in [6.45, 7) is 6.42. The fraction of sp³-hybridized carbons (Fsp3) is 0.462. The standard InChI is InChI=1S/C13H18N6O3/c1-5-18-8(2)10(7-15-18)6-14-13(20)11-12(19(21)22)9(3)17(4)16-11/h7H,5-6H2,1-4H3,(H,14,20). The van der Waals surface area contributed by atoms with Gasteiger partial charge in [0, 0.05) is 31.4 Å². The molecule has 22 heavy (non-hydrogen) atoms. The second kappa shape index (κ2) is 5.96. The summed E-state index contributed by atoms with van der Waals surface area (Å²) >= 11 is 0. The number of hydrogen-bond acceptors (Lipinski definition) is 5. The first kappa shape index (κ1) is 15.7. The van der Waals surface area contributed by atoms with Crippen LogP contribution in [0.1, 0.15) is 34.4 Å². The lowest BCUT2D eigenvalue weighted by atomic mass is 10.2. The summed E-state index contributed by atoms with van der Waals surface area (Å²) < 4.78 is 3.14. The van der Waals surface area contributed by atoms with Gasteiger partial charge in [0.2, 0.25) is 5.69 Å². The summed E-state index contributed by atoms with van der Waals surface area (Å²) in [5.74, 6) is -0.570. The molecule has 0 aliphatic carbocycles. The van der Waals surface area contributed by atoms with Gasteiger partial charge in [-0.1, -0.05) is 0 Å². The Morgan fingerprint density at radius 2 is 2.09 bits per heavy atom. The van der Waals surface area contributed by atoms with Gasteiger partial charge in [-0.15, -0.1) is 0 Å². The third-order valence-electron chi connectivity index (χ3n) is 3.64. The highest BCUT2D eigenvalue weighted by Gasteiger charge is 2.28. The number of carbonyl (C=O) groups is 1. The molecule has 9 nitrogen and oxygen atoms in total. The summed E-state index contributed by atoms with van der Waals surface area (Å²) in [4.78, 5) is 22.7. The normalized spacial score (nSPS) is 10.7. The van der Waals surface area contributed by atoms with E-state index in [0.29, 0.717) is 5.69 Å². The van der Waals surface area contributed by atoms with Crippen LogP contribution in [-0.2, 0) is 20.1 Å². The summed E-state index contributed by atoms with van der Waals surface area (Å²) in [6, 6.07) is 0. The number of rotatable bonds is 5. The largest absolute Gasteiger partial charge is 0.346 e. The maximum Gasteiger partial charge on any atom is 0.322 e. The molecular formula is C13H18N6O3. The van der Waals surface area contributed by atoms with Gasteiger partial charge < -0.3 is 5.32 Å². The molecule has 1 N–H and O–H groups in total.